The van der Waals surface area contributed by atoms with E-state index in [2.05, 4.69) is 24.0 Å². The van der Waals surface area contributed by atoms with Crippen molar-refractivity contribution in [1.82, 2.24) is 4.90 Å². The SMILES string of the molecule is CC1CCC(C(=O)O)CN1CC1CC=CCC1. The third kappa shape index (κ3) is 3.32. The van der Waals surface area contributed by atoms with E-state index >= 15 is 0 Å². The van der Waals surface area contributed by atoms with Gasteiger partial charge >= 0.3 is 5.97 Å². The van der Waals surface area contributed by atoms with Crippen LogP contribution in [0.15, 0.2) is 12.2 Å². The molecule has 0 bridgehead atoms. The molecule has 1 N–H and O–H groups in total. The molecule has 1 heterocycles. The van der Waals surface area contributed by atoms with Crippen LogP contribution in [0, 0.1) is 11.8 Å². The highest BCUT2D eigenvalue weighted by atomic mass is 16.4. The van der Waals surface area contributed by atoms with E-state index in [-0.39, 0.29) is 5.92 Å². The van der Waals surface area contributed by atoms with Crippen LogP contribution in [0.5, 0.6) is 0 Å². The molecule has 0 spiro atoms. The second kappa shape index (κ2) is 5.67. The monoisotopic (exact) mass is 237 g/mol. The van der Waals surface area contributed by atoms with Gasteiger partial charge in [-0.15, -0.1) is 0 Å². The average Bonchev–Trinajstić information content (AvgIpc) is 2.33. The van der Waals surface area contributed by atoms with Crippen molar-refractivity contribution in [2.45, 2.75) is 45.1 Å². The molecule has 2 rings (SSSR count). The predicted octanol–water partition coefficient (Wildman–Crippen LogP) is 2.53. The summed E-state index contributed by atoms with van der Waals surface area (Å²) in [6, 6.07) is 0.552. The van der Waals surface area contributed by atoms with E-state index in [1.165, 1.54) is 19.3 Å². The Bertz CT molecular complexity index is 301. The van der Waals surface area contributed by atoms with Crippen LogP contribution < -0.4 is 0 Å². The number of allylic oxidation sites excluding steroid dienone is 2. The van der Waals surface area contributed by atoms with Gasteiger partial charge in [0, 0.05) is 19.1 Å². The molecule has 0 radical (unpaired) electrons. The number of nitrogens with zero attached hydrogens (tertiary/aromatic N) is 1. The topological polar surface area (TPSA) is 40.5 Å². The molecule has 3 atom stereocenters. The third-order valence-electron chi connectivity index (χ3n) is 4.23. The van der Waals surface area contributed by atoms with E-state index in [0.29, 0.717) is 6.04 Å². The highest BCUT2D eigenvalue weighted by Crippen LogP contribution is 2.26. The fraction of sp³-hybridized carbons (Fsp3) is 0.786. The maximum atomic E-state index is 11.1. The standard InChI is InChI=1S/C14H23NO2/c1-11-7-8-13(14(16)17)10-15(11)9-12-5-3-2-4-6-12/h2-3,11-13H,4-10H2,1H3,(H,16,17). The van der Waals surface area contributed by atoms with Crippen LogP contribution in [-0.2, 0) is 4.79 Å². The maximum absolute atomic E-state index is 11.1. The predicted molar refractivity (Wildman–Crippen MR) is 67.9 cm³/mol. The van der Waals surface area contributed by atoms with Crippen LogP contribution in [0.3, 0.4) is 0 Å². The van der Waals surface area contributed by atoms with Gasteiger partial charge in [0.15, 0.2) is 0 Å². The molecule has 0 saturated carbocycles. The lowest BCUT2D eigenvalue weighted by Crippen LogP contribution is -2.46. The Kier molecular flexibility index (Phi) is 4.21. The minimum Gasteiger partial charge on any atom is -0.481 e. The first kappa shape index (κ1) is 12.6. The number of piperidine rings is 1. The van der Waals surface area contributed by atoms with Gasteiger partial charge in [0.05, 0.1) is 5.92 Å². The van der Waals surface area contributed by atoms with Crippen molar-refractivity contribution in [2.24, 2.45) is 11.8 Å². The zero-order chi connectivity index (χ0) is 12.3. The average molecular weight is 237 g/mol. The van der Waals surface area contributed by atoms with Crippen molar-refractivity contribution in [3.8, 4) is 0 Å². The minimum atomic E-state index is -0.620. The smallest absolute Gasteiger partial charge is 0.307 e. The van der Waals surface area contributed by atoms with Crippen LogP contribution in [-0.4, -0.2) is 35.1 Å². The zero-order valence-electron chi connectivity index (χ0n) is 10.6. The van der Waals surface area contributed by atoms with Gasteiger partial charge in [-0.25, -0.2) is 0 Å². The Hall–Kier alpha value is -0.830. The summed E-state index contributed by atoms with van der Waals surface area (Å²) in [5, 5.41) is 9.11. The Labute approximate surface area is 103 Å². The van der Waals surface area contributed by atoms with Crippen LogP contribution in [0.2, 0.25) is 0 Å². The summed E-state index contributed by atoms with van der Waals surface area (Å²) in [4.78, 5) is 13.5. The second-order valence-corrected chi connectivity index (χ2v) is 5.57. The number of aliphatic carboxylic acids is 1. The molecule has 2 aliphatic rings. The number of hydrogen-bond acceptors (Lipinski definition) is 2. The van der Waals surface area contributed by atoms with Crippen molar-refractivity contribution in [3.05, 3.63) is 12.2 Å². The van der Waals surface area contributed by atoms with Crippen LogP contribution in [0.25, 0.3) is 0 Å². The molecule has 3 nitrogen and oxygen atoms in total. The lowest BCUT2D eigenvalue weighted by molar-refractivity contribution is -0.144. The van der Waals surface area contributed by atoms with Crippen molar-refractivity contribution in [2.75, 3.05) is 13.1 Å². The highest BCUT2D eigenvalue weighted by Gasteiger charge is 2.30. The normalized spacial score (nSPS) is 34.8. The van der Waals surface area contributed by atoms with E-state index in [4.69, 9.17) is 5.11 Å². The summed E-state index contributed by atoms with van der Waals surface area (Å²) in [6.45, 7) is 4.06. The van der Waals surface area contributed by atoms with E-state index in [0.717, 1.165) is 31.8 Å². The molecule has 1 fully saturated rings. The van der Waals surface area contributed by atoms with Gasteiger partial charge in [-0.3, -0.25) is 9.69 Å². The van der Waals surface area contributed by atoms with Crippen molar-refractivity contribution in [1.29, 1.82) is 0 Å². The Morgan fingerprint density at radius 3 is 2.82 bits per heavy atom. The fourth-order valence-corrected chi connectivity index (χ4v) is 2.99. The first-order valence-corrected chi connectivity index (χ1v) is 6.78. The molecule has 1 saturated heterocycles. The molecular formula is C14H23NO2. The van der Waals surface area contributed by atoms with Gasteiger partial charge in [0.1, 0.15) is 0 Å². The number of rotatable bonds is 3. The lowest BCUT2D eigenvalue weighted by atomic mass is 9.89. The molecule has 3 unspecified atom stereocenters. The second-order valence-electron chi connectivity index (χ2n) is 5.57. The molecule has 0 aromatic heterocycles. The summed E-state index contributed by atoms with van der Waals surface area (Å²) in [5.74, 6) is -0.0363. The quantitative estimate of drug-likeness (QED) is 0.767. The van der Waals surface area contributed by atoms with Gasteiger partial charge in [-0.05, 0) is 44.9 Å². The van der Waals surface area contributed by atoms with Gasteiger partial charge in [-0.2, -0.15) is 0 Å². The van der Waals surface area contributed by atoms with Gasteiger partial charge < -0.3 is 5.11 Å². The molecule has 17 heavy (non-hydrogen) atoms. The molecule has 0 aromatic rings. The van der Waals surface area contributed by atoms with E-state index in [1.54, 1.807) is 0 Å². The maximum Gasteiger partial charge on any atom is 0.307 e. The summed E-state index contributed by atoms with van der Waals surface area (Å²) in [5.41, 5.74) is 0. The first-order valence-electron chi connectivity index (χ1n) is 6.78. The summed E-state index contributed by atoms with van der Waals surface area (Å²) in [6.07, 6.45) is 10.0. The van der Waals surface area contributed by atoms with Crippen molar-refractivity contribution < 1.29 is 9.90 Å². The number of likely N-dealkylation sites (tertiary alicyclic amines) is 1. The molecule has 0 aromatic carbocycles. The fourth-order valence-electron chi connectivity index (χ4n) is 2.99. The van der Waals surface area contributed by atoms with Gasteiger partial charge in [0.2, 0.25) is 0 Å². The van der Waals surface area contributed by atoms with E-state index in [1.807, 2.05) is 0 Å². The number of hydrogen-bond donors (Lipinski definition) is 1. The largest absolute Gasteiger partial charge is 0.481 e. The minimum absolute atomic E-state index is 0.148. The Balaban J connectivity index is 1.88. The summed E-state index contributed by atoms with van der Waals surface area (Å²) >= 11 is 0. The van der Waals surface area contributed by atoms with Crippen LogP contribution in [0.1, 0.15) is 39.0 Å². The van der Waals surface area contributed by atoms with Crippen LogP contribution >= 0.6 is 0 Å². The van der Waals surface area contributed by atoms with Crippen molar-refractivity contribution >= 4 is 5.97 Å². The Morgan fingerprint density at radius 1 is 1.35 bits per heavy atom. The van der Waals surface area contributed by atoms with E-state index in [9.17, 15) is 4.79 Å². The molecular weight excluding hydrogens is 214 g/mol. The highest BCUT2D eigenvalue weighted by molar-refractivity contribution is 5.70. The number of carboxylic acids is 1. The zero-order valence-corrected chi connectivity index (χ0v) is 10.6. The molecule has 96 valence electrons. The van der Waals surface area contributed by atoms with Gasteiger partial charge in [-0.1, -0.05) is 12.2 Å². The Morgan fingerprint density at radius 2 is 2.18 bits per heavy atom. The van der Waals surface area contributed by atoms with Crippen LogP contribution in [0.4, 0.5) is 0 Å². The molecule has 1 aliphatic carbocycles. The van der Waals surface area contributed by atoms with Crippen molar-refractivity contribution in [3.63, 3.8) is 0 Å². The molecule has 0 amide bonds. The summed E-state index contributed by atoms with van der Waals surface area (Å²) < 4.78 is 0. The number of carbonyl (C=O) groups is 1. The lowest BCUT2D eigenvalue weighted by Gasteiger charge is -2.38. The van der Waals surface area contributed by atoms with E-state index < -0.39 is 5.97 Å². The molecule has 3 heteroatoms. The number of carboxylic acid groups (broad SMARTS) is 1. The molecule has 1 aliphatic heterocycles. The van der Waals surface area contributed by atoms with Gasteiger partial charge in [0.25, 0.3) is 0 Å². The summed E-state index contributed by atoms with van der Waals surface area (Å²) in [7, 11) is 0. The first-order chi connectivity index (χ1) is 8.16. The third-order valence-corrected chi connectivity index (χ3v) is 4.23.